The van der Waals surface area contributed by atoms with E-state index in [1.165, 1.54) is 25.7 Å². The summed E-state index contributed by atoms with van der Waals surface area (Å²) < 4.78 is 0. The predicted octanol–water partition coefficient (Wildman–Crippen LogP) is 5.75. The van der Waals surface area contributed by atoms with E-state index in [9.17, 15) is 0 Å². The average Bonchev–Trinajstić information content (AvgIpc) is 2.13. The minimum Gasteiger partial charge on any atom is -0.0811 e. The zero-order valence-corrected chi connectivity index (χ0v) is 12.6. The van der Waals surface area contributed by atoms with Crippen LogP contribution >= 0.6 is 0 Å². The molecule has 0 spiro atoms. The molecule has 17 heavy (non-hydrogen) atoms. The predicted molar refractivity (Wildman–Crippen MR) is 78.1 cm³/mol. The van der Waals surface area contributed by atoms with E-state index in [0.29, 0.717) is 10.8 Å². The summed E-state index contributed by atoms with van der Waals surface area (Å²) in [5, 5.41) is 0. The Kier molecular flexibility index (Phi) is 4.63. The second kappa shape index (κ2) is 5.42. The van der Waals surface area contributed by atoms with Crippen LogP contribution in [0.1, 0.15) is 67.2 Å². The Bertz CT molecular complexity index is 291. The number of allylic oxidation sites excluding steroid dienone is 4. The van der Waals surface area contributed by atoms with Crippen LogP contribution < -0.4 is 0 Å². The summed E-state index contributed by atoms with van der Waals surface area (Å²) >= 11 is 0. The van der Waals surface area contributed by atoms with E-state index in [2.05, 4.69) is 59.8 Å². The van der Waals surface area contributed by atoms with Crippen molar-refractivity contribution in [1.29, 1.82) is 0 Å². The minimum atomic E-state index is 0.309. The van der Waals surface area contributed by atoms with Crippen LogP contribution in [0.15, 0.2) is 23.8 Å². The summed E-state index contributed by atoms with van der Waals surface area (Å²) in [5.74, 6) is 0.904. The molecule has 1 aliphatic rings. The van der Waals surface area contributed by atoms with E-state index in [1.807, 2.05) is 0 Å². The minimum absolute atomic E-state index is 0.309. The molecule has 0 aromatic heterocycles. The van der Waals surface area contributed by atoms with Crippen LogP contribution in [0.25, 0.3) is 0 Å². The molecule has 0 aromatic carbocycles. The number of hydrogen-bond donors (Lipinski definition) is 0. The summed E-state index contributed by atoms with van der Waals surface area (Å²) in [6, 6.07) is 0. The van der Waals surface area contributed by atoms with E-state index in [1.54, 1.807) is 5.57 Å². The third-order valence-electron chi connectivity index (χ3n) is 3.25. The molecule has 0 heteroatoms. The molecule has 0 aromatic rings. The van der Waals surface area contributed by atoms with Gasteiger partial charge in [-0.2, -0.15) is 0 Å². The van der Waals surface area contributed by atoms with Crippen molar-refractivity contribution in [2.24, 2.45) is 16.7 Å². The number of rotatable bonds is 2. The highest BCUT2D eigenvalue weighted by molar-refractivity contribution is 5.22. The first-order chi connectivity index (χ1) is 7.66. The molecule has 1 rings (SSSR count). The molecule has 0 saturated heterocycles. The monoisotopic (exact) mass is 234 g/mol. The van der Waals surface area contributed by atoms with E-state index in [0.717, 1.165) is 5.92 Å². The molecule has 98 valence electrons. The molecule has 0 saturated carbocycles. The first kappa shape index (κ1) is 14.5. The topological polar surface area (TPSA) is 0 Å². The Hall–Kier alpha value is -0.520. The van der Waals surface area contributed by atoms with Gasteiger partial charge in [-0.1, -0.05) is 65.3 Å². The quantitative estimate of drug-likeness (QED) is 0.570. The molecule has 0 aliphatic heterocycles. The molecule has 0 N–H and O–H groups in total. The van der Waals surface area contributed by atoms with Crippen molar-refractivity contribution in [3.63, 3.8) is 0 Å². The van der Waals surface area contributed by atoms with Gasteiger partial charge in [-0.25, -0.2) is 0 Å². The van der Waals surface area contributed by atoms with Gasteiger partial charge in [0.2, 0.25) is 0 Å². The first-order valence-electron chi connectivity index (χ1n) is 7.04. The Morgan fingerprint density at radius 3 is 2.24 bits per heavy atom. The largest absolute Gasteiger partial charge is 0.0811 e. The highest BCUT2D eigenvalue weighted by Gasteiger charge is 2.20. The summed E-state index contributed by atoms with van der Waals surface area (Å²) in [6.45, 7) is 13.8. The third kappa shape index (κ3) is 6.71. The summed E-state index contributed by atoms with van der Waals surface area (Å²) in [4.78, 5) is 0. The van der Waals surface area contributed by atoms with E-state index in [4.69, 9.17) is 0 Å². The average molecular weight is 234 g/mol. The summed E-state index contributed by atoms with van der Waals surface area (Å²) in [6.07, 6.45) is 12.4. The van der Waals surface area contributed by atoms with Crippen molar-refractivity contribution in [1.82, 2.24) is 0 Å². The Morgan fingerprint density at radius 1 is 1.18 bits per heavy atom. The lowest BCUT2D eigenvalue weighted by Gasteiger charge is -2.28. The normalized spacial score (nSPS) is 22.9. The van der Waals surface area contributed by atoms with Gasteiger partial charge in [0.25, 0.3) is 0 Å². The fourth-order valence-corrected chi connectivity index (χ4v) is 2.47. The molecule has 1 unspecified atom stereocenters. The maximum Gasteiger partial charge on any atom is -0.0200 e. The standard InChI is InChI=1S/C17H30/c1-16(2,3)12-11-14-7-9-15(10-8-14)13-17(4,5)6/h7,11-12,15H,8-10,13H2,1-6H3/b12-11+. The molecule has 0 bridgehead atoms. The maximum atomic E-state index is 2.46. The maximum absolute atomic E-state index is 2.46. The van der Waals surface area contributed by atoms with Crippen molar-refractivity contribution in [2.45, 2.75) is 67.2 Å². The fraction of sp³-hybridized carbons (Fsp3) is 0.765. The van der Waals surface area contributed by atoms with Crippen LogP contribution in [-0.4, -0.2) is 0 Å². The van der Waals surface area contributed by atoms with Crippen molar-refractivity contribution in [2.75, 3.05) is 0 Å². The summed E-state index contributed by atoms with van der Waals surface area (Å²) in [7, 11) is 0. The lowest BCUT2D eigenvalue weighted by molar-refractivity contribution is 0.278. The molecule has 1 aliphatic carbocycles. The van der Waals surface area contributed by atoms with Gasteiger partial charge in [-0.15, -0.1) is 0 Å². The van der Waals surface area contributed by atoms with Gasteiger partial charge in [-0.3, -0.25) is 0 Å². The van der Waals surface area contributed by atoms with E-state index >= 15 is 0 Å². The van der Waals surface area contributed by atoms with Crippen LogP contribution in [0.2, 0.25) is 0 Å². The highest BCUT2D eigenvalue weighted by Crippen LogP contribution is 2.34. The molecule has 0 heterocycles. The number of hydrogen-bond acceptors (Lipinski definition) is 0. The first-order valence-corrected chi connectivity index (χ1v) is 7.04. The second-order valence-electron chi connectivity index (χ2n) is 7.88. The van der Waals surface area contributed by atoms with Crippen LogP contribution in [0.4, 0.5) is 0 Å². The van der Waals surface area contributed by atoms with Gasteiger partial charge in [-0.05, 0) is 42.4 Å². The van der Waals surface area contributed by atoms with Gasteiger partial charge >= 0.3 is 0 Å². The Labute approximate surface area is 108 Å². The highest BCUT2D eigenvalue weighted by atomic mass is 14.3. The van der Waals surface area contributed by atoms with Crippen LogP contribution in [0, 0.1) is 16.7 Å². The fourth-order valence-electron chi connectivity index (χ4n) is 2.47. The van der Waals surface area contributed by atoms with E-state index < -0.39 is 0 Å². The van der Waals surface area contributed by atoms with Gasteiger partial charge in [0.15, 0.2) is 0 Å². The summed E-state index contributed by atoms with van der Waals surface area (Å²) in [5.41, 5.74) is 2.34. The van der Waals surface area contributed by atoms with Crippen molar-refractivity contribution in [3.8, 4) is 0 Å². The van der Waals surface area contributed by atoms with Gasteiger partial charge in [0, 0.05) is 0 Å². The molecule has 0 fully saturated rings. The van der Waals surface area contributed by atoms with E-state index in [-0.39, 0.29) is 0 Å². The molecule has 0 nitrogen and oxygen atoms in total. The Balaban J connectivity index is 2.48. The lowest BCUT2D eigenvalue weighted by Crippen LogP contribution is -2.15. The van der Waals surface area contributed by atoms with Crippen molar-refractivity contribution < 1.29 is 0 Å². The van der Waals surface area contributed by atoms with Crippen LogP contribution in [-0.2, 0) is 0 Å². The third-order valence-corrected chi connectivity index (χ3v) is 3.25. The Morgan fingerprint density at radius 2 is 1.82 bits per heavy atom. The van der Waals surface area contributed by atoms with Gasteiger partial charge in [0.05, 0.1) is 0 Å². The molecule has 0 radical (unpaired) electrons. The van der Waals surface area contributed by atoms with Gasteiger partial charge in [0.1, 0.15) is 0 Å². The van der Waals surface area contributed by atoms with Crippen molar-refractivity contribution in [3.05, 3.63) is 23.8 Å². The molecule has 1 atom stereocenters. The molecular weight excluding hydrogens is 204 g/mol. The molecular formula is C17H30. The van der Waals surface area contributed by atoms with Gasteiger partial charge < -0.3 is 0 Å². The van der Waals surface area contributed by atoms with Crippen LogP contribution in [0.3, 0.4) is 0 Å². The lowest BCUT2D eigenvalue weighted by atomic mass is 9.78. The zero-order valence-electron chi connectivity index (χ0n) is 12.6. The second-order valence-corrected chi connectivity index (χ2v) is 7.88. The zero-order chi connectivity index (χ0) is 13.1. The van der Waals surface area contributed by atoms with Crippen molar-refractivity contribution >= 4 is 0 Å². The van der Waals surface area contributed by atoms with Crippen LogP contribution in [0.5, 0.6) is 0 Å². The SMILES string of the molecule is CC(C)(C)/C=C/C1=CCC(CC(C)(C)C)CC1. The smallest absolute Gasteiger partial charge is 0.0200 e. The molecule has 0 amide bonds.